The summed E-state index contributed by atoms with van der Waals surface area (Å²) < 4.78 is 32.0. The molecule has 3 aromatic rings. The van der Waals surface area contributed by atoms with E-state index in [1.54, 1.807) is 29.2 Å². The molecule has 0 aliphatic heterocycles. The van der Waals surface area contributed by atoms with Gasteiger partial charge in [0.25, 0.3) is 0 Å². The van der Waals surface area contributed by atoms with Crippen molar-refractivity contribution in [3.8, 4) is 5.75 Å². The Morgan fingerprint density at radius 3 is 2.02 bits per heavy atom. The van der Waals surface area contributed by atoms with Crippen molar-refractivity contribution < 1.29 is 22.7 Å². The van der Waals surface area contributed by atoms with E-state index in [0.29, 0.717) is 31.0 Å². The Bertz CT molecular complexity index is 1320. The van der Waals surface area contributed by atoms with Crippen LogP contribution >= 0.6 is 0 Å². The summed E-state index contributed by atoms with van der Waals surface area (Å²) in [5.74, 6) is 0.222. The average molecular weight is 566 g/mol. The van der Waals surface area contributed by atoms with Crippen LogP contribution in [0.2, 0.25) is 0 Å². The first kappa shape index (κ1) is 30.7. The Hall–Kier alpha value is -3.85. The van der Waals surface area contributed by atoms with Gasteiger partial charge in [-0.1, -0.05) is 60.7 Å². The van der Waals surface area contributed by atoms with Crippen LogP contribution in [-0.4, -0.2) is 57.1 Å². The summed E-state index contributed by atoms with van der Waals surface area (Å²) in [4.78, 5) is 28.6. The summed E-state index contributed by atoms with van der Waals surface area (Å²) in [5, 5.41) is 2.89. The van der Waals surface area contributed by atoms with Crippen LogP contribution in [0.4, 0.5) is 5.69 Å². The smallest absolute Gasteiger partial charge is 0.243 e. The topological polar surface area (TPSA) is 96.0 Å². The molecule has 1 atom stereocenters. The Kier molecular flexibility index (Phi) is 11.6. The van der Waals surface area contributed by atoms with Gasteiger partial charge in [-0.3, -0.25) is 13.9 Å². The highest BCUT2D eigenvalue weighted by Gasteiger charge is 2.30. The third-order valence-corrected chi connectivity index (χ3v) is 7.60. The zero-order chi connectivity index (χ0) is 29.0. The van der Waals surface area contributed by atoms with Crippen LogP contribution in [0.15, 0.2) is 84.9 Å². The molecule has 0 heterocycles. The van der Waals surface area contributed by atoms with Gasteiger partial charge in [-0.05, 0) is 55.7 Å². The molecule has 3 rings (SSSR count). The molecule has 0 fully saturated rings. The van der Waals surface area contributed by atoms with Crippen LogP contribution in [0.5, 0.6) is 5.75 Å². The molecule has 40 heavy (non-hydrogen) atoms. The SMILES string of the molecule is CCNC(=O)C(Cc1ccccc1)N(Cc1ccccc1)C(=O)CCCN(c1ccc(OCC)cc1)S(C)(=O)=O. The highest BCUT2D eigenvalue weighted by Crippen LogP contribution is 2.23. The summed E-state index contributed by atoms with van der Waals surface area (Å²) in [6.45, 7) is 5.08. The van der Waals surface area contributed by atoms with Gasteiger partial charge in [0.05, 0.1) is 18.6 Å². The average Bonchev–Trinajstić information content (AvgIpc) is 2.94. The summed E-state index contributed by atoms with van der Waals surface area (Å²) in [6, 6.07) is 25.3. The van der Waals surface area contributed by atoms with E-state index in [-0.39, 0.29) is 37.7 Å². The molecule has 9 heteroatoms. The monoisotopic (exact) mass is 565 g/mol. The summed E-state index contributed by atoms with van der Waals surface area (Å²) in [6.07, 6.45) is 1.89. The number of rotatable bonds is 15. The molecular formula is C31H39N3O5S. The number of nitrogens with one attached hydrogen (secondary N) is 1. The van der Waals surface area contributed by atoms with Crippen molar-refractivity contribution in [1.29, 1.82) is 0 Å². The zero-order valence-corrected chi connectivity index (χ0v) is 24.3. The number of amides is 2. The summed E-state index contributed by atoms with van der Waals surface area (Å²) in [7, 11) is -3.58. The van der Waals surface area contributed by atoms with Crippen LogP contribution in [0.1, 0.15) is 37.8 Å². The Morgan fingerprint density at radius 1 is 0.875 bits per heavy atom. The van der Waals surface area contributed by atoms with E-state index < -0.39 is 16.1 Å². The Balaban J connectivity index is 1.81. The third-order valence-electron chi connectivity index (χ3n) is 6.41. The summed E-state index contributed by atoms with van der Waals surface area (Å²) >= 11 is 0. The predicted molar refractivity (Wildman–Crippen MR) is 159 cm³/mol. The van der Waals surface area contributed by atoms with Crippen LogP contribution in [0.3, 0.4) is 0 Å². The van der Waals surface area contributed by atoms with Crippen molar-refractivity contribution in [3.05, 3.63) is 96.1 Å². The van der Waals surface area contributed by atoms with Gasteiger partial charge in [-0.25, -0.2) is 8.42 Å². The largest absolute Gasteiger partial charge is 0.494 e. The van der Waals surface area contributed by atoms with E-state index >= 15 is 0 Å². The van der Waals surface area contributed by atoms with E-state index in [2.05, 4.69) is 5.32 Å². The number of carbonyl (C=O) groups is 2. The first-order valence-corrected chi connectivity index (χ1v) is 15.4. The number of hydrogen-bond donors (Lipinski definition) is 1. The van der Waals surface area contributed by atoms with Crippen molar-refractivity contribution in [2.75, 3.05) is 30.3 Å². The lowest BCUT2D eigenvalue weighted by Crippen LogP contribution is -2.50. The third kappa shape index (κ3) is 9.12. The number of anilines is 1. The highest BCUT2D eigenvalue weighted by molar-refractivity contribution is 7.92. The van der Waals surface area contributed by atoms with Crippen LogP contribution < -0.4 is 14.4 Å². The number of likely N-dealkylation sites (N-methyl/N-ethyl adjacent to an activating group) is 1. The number of nitrogens with zero attached hydrogens (tertiary/aromatic N) is 2. The predicted octanol–water partition coefficient (Wildman–Crippen LogP) is 4.41. The minimum atomic E-state index is -3.58. The number of hydrogen-bond acceptors (Lipinski definition) is 5. The maximum atomic E-state index is 13.7. The van der Waals surface area contributed by atoms with Gasteiger partial charge in [0, 0.05) is 32.5 Å². The normalized spacial score (nSPS) is 11.9. The fourth-order valence-corrected chi connectivity index (χ4v) is 5.47. The Labute approximate surface area is 238 Å². The van der Waals surface area contributed by atoms with Crippen LogP contribution in [0.25, 0.3) is 0 Å². The zero-order valence-electron chi connectivity index (χ0n) is 23.5. The lowest BCUT2D eigenvalue weighted by molar-refractivity contribution is -0.141. The lowest BCUT2D eigenvalue weighted by Gasteiger charge is -2.32. The standard InChI is InChI=1S/C31H39N3O5S/c1-4-32-31(36)29(23-25-13-8-6-9-14-25)33(24-26-15-10-7-11-16-26)30(35)17-12-22-34(40(3,37)38)27-18-20-28(21-19-27)39-5-2/h6-11,13-16,18-21,29H,4-5,12,17,22-24H2,1-3H3,(H,32,36). The molecule has 0 radical (unpaired) electrons. The van der Waals surface area contributed by atoms with Crippen molar-refractivity contribution in [3.63, 3.8) is 0 Å². The molecule has 214 valence electrons. The van der Waals surface area contributed by atoms with E-state index in [0.717, 1.165) is 17.4 Å². The molecule has 1 N–H and O–H groups in total. The number of ether oxygens (including phenoxy) is 1. The molecule has 3 aromatic carbocycles. The molecule has 8 nitrogen and oxygen atoms in total. The highest BCUT2D eigenvalue weighted by atomic mass is 32.2. The second-order valence-electron chi connectivity index (χ2n) is 9.47. The first-order valence-electron chi connectivity index (χ1n) is 13.6. The van der Waals surface area contributed by atoms with E-state index in [9.17, 15) is 18.0 Å². The van der Waals surface area contributed by atoms with Gasteiger partial charge in [0.2, 0.25) is 21.8 Å². The van der Waals surface area contributed by atoms with Crippen molar-refractivity contribution in [2.45, 2.75) is 45.7 Å². The van der Waals surface area contributed by atoms with Gasteiger partial charge in [0.1, 0.15) is 11.8 Å². The number of carbonyl (C=O) groups excluding carboxylic acids is 2. The molecule has 0 spiro atoms. The van der Waals surface area contributed by atoms with Gasteiger partial charge >= 0.3 is 0 Å². The fraction of sp³-hybridized carbons (Fsp3) is 0.355. The quantitative estimate of drug-likeness (QED) is 0.295. The number of sulfonamides is 1. The maximum absolute atomic E-state index is 13.7. The van der Waals surface area contributed by atoms with Crippen molar-refractivity contribution >= 4 is 27.5 Å². The minimum absolute atomic E-state index is 0.0839. The van der Waals surface area contributed by atoms with Crippen LogP contribution in [0, 0.1) is 0 Å². The van der Waals surface area contributed by atoms with E-state index in [1.807, 2.05) is 74.5 Å². The molecule has 0 saturated heterocycles. The number of benzene rings is 3. The first-order chi connectivity index (χ1) is 19.2. The van der Waals surface area contributed by atoms with Crippen molar-refractivity contribution in [2.24, 2.45) is 0 Å². The maximum Gasteiger partial charge on any atom is 0.243 e. The van der Waals surface area contributed by atoms with E-state index in [1.165, 1.54) is 4.31 Å². The molecule has 0 aromatic heterocycles. The van der Waals surface area contributed by atoms with Crippen LogP contribution in [-0.2, 0) is 32.6 Å². The Morgan fingerprint density at radius 2 is 1.48 bits per heavy atom. The molecule has 1 unspecified atom stereocenters. The molecule has 0 aliphatic rings. The fourth-order valence-electron chi connectivity index (χ4n) is 4.51. The second kappa shape index (κ2) is 15.1. The van der Waals surface area contributed by atoms with Crippen molar-refractivity contribution in [1.82, 2.24) is 10.2 Å². The van der Waals surface area contributed by atoms with Gasteiger partial charge < -0.3 is 15.0 Å². The lowest BCUT2D eigenvalue weighted by atomic mass is 10.0. The molecule has 0 bridgehead atoms. The second-order valence-corrected chi connectivity index (χ2v) is 11.4. The molecule has 0 aliphatic carbocycles. The molecule has 0 saturated carbocycles. The van der Waals surface area contributed by atoms with Gasteiger partial charge in [-0.2, -0.15) is 0 Å². The van der Waals surface area contributed by atoms with Gasteiger partial charge in [-0.15, -0.1) is 0 Å². The summed E-state index contributed by atoms with van der Waals surface area (Å²) in [5.41, 5.74) is 2.36. The molecule has 2 amide bonds. The van der Waals surface area contributed by atoms with Gasteiger partial charge in [0.15, 0.2) is 0 Å². The minimum Gasteiger partial charge on any atom is -0.494 e. The van der Waals surface area contributed by atoms with E-state index in [4.69, 9.17) is 4.74 Å². The molecular weight excluding hydrogens is 526 g/mol.